The summed E-state index contributed by atoms with van der Waals surface area (Å²) in [6.07, 6.45) is 0. The molecule has 0 spiro atoms. The summed E-state index contributed by atoms with van der Waals surface area (Å²) in [7, 11) is 0. The van der Waals surface area contributed by atoms with Gasteiger partial charge in [-0.15, -0.1) is 0 Å². The Labute approximate surface area is 120 Å². The average Bonchev–Trinajstić information content (AvgIpc) is 3.19. The molecule has 4 atom stereocenters. The number of carboxylic acids is 2. The van der Waals surface area contributed by atoms with E-state index in [2.05, 4.69) is 5.32 Å². The van der Waals surface area contributed by atoms with Gasteiger partial charge in [-0.25, -0.2) is 0 Å². The normalized spacial score (nSPS) is 24.9. The number of nitrogens with two attached hydrogens (primary N) is 1. The zero-order valence-electron chi connectivity index (χ0n) is 11.1. The minimum absolute atomic E-state index is 0.0936. The van der Waals surface area contributed by atoms with E-state index in [1.165, 1.54) is 0 Å². The molecule has 7 nitrogen and oxygen atoms in total. The number of carbonyl (C=O) groups excluding carboxylic acids is 1. The van der Waals surface area contributed by atoms with Crippen LogP contribution in [0.1, 0.15) is 10.4 Å². The maximum atomic E-state index is 11.9. The number of amides is 1. The van der Waals surface area contributed by atoms with E-state index in [1.54, 1.807) is 30.3 Å². The second-order valence-corrected chi connectivity index (χ2v) is 5.05. The summed E-state index contributed by atoms with van der Waals surface area (Å²) in [5.74, 6) is -4.59. The monoisotopic (exact) mass is 292 g/mol. The van der Waals surface area contributed by atoms with E-state index in [0.29, 0.717) is 5.56 Å². The molecule has 1 fully saturated rings. The first-order valence-corrected chi connectivity index (χ1v) is 6.48. The topological polar surface area (TPSA) is 130 Å². The summed E-state index contributed by atoms with van der Waals surface area (Å²) >= 11 is 0. The number of hydrogen-bond donors (Lipinski definition) is 4. The van der Waals surface area contributed by atoms with Crippen LogP contribution in [0.15, 0.2) is 30.3 Å². The lowest BCUT2D eigenvalue weighted by molar-refractivity contribution is -0.140. The van der Waals surface area contributed by atoms with Crippen molar-refractivity contribution < 1.29 is 24.6 Å². The van der Waals surface area contributed by atoms with Crippen LogP contribution in [-0.4, -0.2) is 40.6 Å². The van der Waals surface area contributed by atoms with E-state index < -0.39 is 35.7 Å². The lowest BCUT2D eigenvalue weighted by Crippen LogP contribution is -2.35. The molecule has 0 saturated heterocycles. The van der Waals surface area contributed by atoms with Gasteiger partial charge >= 0.3 is 11.9 Å². The Morgan fingerprint density at radius 1 is 1.19 bits per heavy atom. The second-order valence-electron chi connectivity index (χ2n) is 5.05. The first-order valence-electron chi connectivity index (χ1n) is 6.48. The Morgan fingerprint density at radius 3 is 2.33 bits per heavy atom. The van der Waals surface area contributed by atoms with Crippen molar-refractivity contribution in [3.8, 4) is 0 Å². The second kappa shape index (κ2) is 5.92. The molecule has 0 aliphatic heterocycles. The average molecular weight is 292 g/mol. The van der Waals surface area contributed by atoms with Crippen molar-refractivity contribution in [1.29, 1.82) is 0 Å². The molecule has 112 valence electrons. The van der Waals surface area contributed by atoms with Gasteiger partial charge in [0.1, 0.15) is 6.04 Å². The molecule has 1 aliphatic rings. The molecule has 5 N–H and O–H groups in total. The number of hydrogen-bond acceptors (Lipinski definition) is 4. The molecule has 1 aromatic carbocycles. The molecular weight excluding hydrogens is 276 g/mol. The van der Waals surface area contributed by atoms with Gasteiger partial charge in [-0.1, -0.05) is 18.2 Å². The summed E-state index contributed by atoms with van der Waals surface area (Å²) in [5.41, 5.74) is 5.94. The fraction of sp³-hybridized carbons (Fsp3) is 0.357. The van der Waals surface area contributed by atoms with Crippen LogP contribution < -0.4 is 11.1 Å². The number of aliphatic carboxylic acids is 2. The predicted molar refractivity (Wildman–Crippen MR) is 72.5 cm³/mol. The number of nitrogens with one attached hydrogen (secondary N) is 1. The van der Waals surface area contributed by atoms with Gasteiger partial charge in [0.05, 0.1) is 5.92 Å². The van der Waals surface area contributed by atoms with Gasteiger partial charge in [0.2, 0.25) is 0 Å². The number of benzene rings is 1. The van der Waals surface area contributed by atoms with Gasteiger partial charge in [-0.3, -0.25) is 14.4 Å². The summed E-state index contributed by atoms with van der Waals surface area (Å²) < 4.78 is 0. The maximum Gasteiger partial charge on any atom is 0.320 e. The van der Waals surface area contributed by atoms with E-state index >= 15 is 0 Å². The Hall–Kier alpha value is -2.41. The van der Waals surface area contributed by atoms with Crippen molar-refractivity contribution in [1.82, 2.24) is 5.32 Å². The minimum atomic E-state index is -1.23. The van der Waals surface area contributed by atoms with Crippen LogP contribution in [0, 0.1) is 17.8 Å². The van der Waals surface area contributed by atoms with Crippen molar-refractivity contribution in [2.45, 2.75) is 6.04 Å². The Kier molecular flexibility index (Phi) is 4.23. The summed E-state index contributed by atoms with van der Waals surface area (Å²) in [6.45, 7) is 0.0936. The van der Waals surface area contributed by atoms with Crippen LogP contribution in [-0.2, 0) is 9.59 Å². The van der Waals surface area contributed by atoms with Crippen molar-refractivity contribution in [2.24, 2.45) is 23.5 Å². The van der Waals surface area contributed by atoms with E-state index in [-0.39, 0.29) is 12.5 Å². The highest BCUT2D eigenvalue weighted by atomic mass is 16.4. The molecule has 0 radical (unpaired) electrons. The SMILES string of the molecule is N[C@H](C(=O)O)[C@H]1[C@@H](CNC(=O)c2ccccc2)[C@@H]1C(=O)O. The van der Waals surface area contributed by atoms with E-state index in [4.69, 9.17) is 15.9 Å². The highest BCUT2D eigenvalue weighted by Gasteiger charge is 2.59. The number of carboxylic acid groups (broad SMARTS) is 2. The van der Waals surface area contributed by atoms with Crippen LogP contribution in [0.2, 0.25) is 0 Å². The molecule has 1 aliphatic carbocycles. The number of rotatable bonds is 6. The van der Waals surface area contributed by atoms with Crippen LogP contribution in [0.25, 0.3) is 0 Å². The largest absolute Gasteiger partial charge is 0.481 e. The summed E-state index contributed by atoms with van der Waals surface area (Å²) in [6, 6.07) is 7.25. The van der Waals surface area contributed by atoms with Gasteiger partial charge in [0.25, 0.3) is 5.91 Å². The molecule has 1 amide bonds. The van der Waals surface area contributed by atoms with E-state index in [9.17, 15) is 14.4 Å². The third kappa shape index (κ3) is 3.19. The summed E-state index contributed by atoms with van der Waals surface area (Å²) in [4.78, 5) is 33.8. The van der Waals surface area contributed by atoms with Gasteiger partial charge < -0.3 is 21.3 Å². The van der Waals surface area contributed by atoms with E-state index in [1.807, 2.05) is 0 Å². The molecule has 7 heteroatoms. The lowest BCUT2D eigenvalue weighted by Gasteiger charge is -2.06. The van der Waals surface area contributed by atoms with Crippen LogP contribution in [0.4, 0.5) is 0 Å². The molecule has 1 saturated carbocycles. The highest BCUT2D eigenvalue weighted by molar-refractivity contribution is 5.94. The smallest absolute Gasteiger partial charge is 0.320 e. The Balaban J connectivity index is 1.95. The van der Waals surface area contributed by atoms with Gasteiger partial charge in [0, 0.05) is 18.0 Å². The van der Waals surface area contributed by atoms with Gasteiger partial charge in [-0.2, -0.15) is 0 Å². The lowest BCUT2D eigenvalue weighted by atomic mass is 10.1. The zero-order chi connectivity index (χ0) is 15.6. The molecule has 2 rings (SSSR count). The van der Waals surface area contributed by atoms with Crippen LogP contribution >= 0.6 is 0 Å². The van der Waals surface area contributed by atoms with Crippen molar-refractivity contribution in [2.75, 3.05) is 6.54 Å². The molecule has 0 bridgehead atoms. The molecule has 21 heavy (non-hydrogen) atoms. The van der Waals surface area contributed by atoms with Gasteiger partial charge in [-0.05, 0) is 18.1 Å². The quantitative estimate of drug-likeness (QED) is 0.573. The zero-order valence-corrected chi connectivity index (χ0v) is 11.1. The molecule has 0 unspecified atom stereocenters. The molecule has 0 heterocycles. The van der Waals surface area contributed by atoms with Crippen LogP contribution in [0.3, 0.4) is 0 Å². The first kappa shape index (κ1) is 15.0. The molecule has 0 aromatic heterocycles. The van der Waals surface area contributed by atoms with Gasteiger partial charge in [0.15, 0.2) is 0 Å². The fourth-order valence-electron chi connectivity index (χ4n) is 2.57. The fourth-order valence-corrected chi connectivity index (χ4v) is 2.57. The predicted octanol–water partition coefficient (Wildman–Crippen LogP) is -0.225. The third-order valence-electron chi connectivity index (χ3n) is 3.75. The Bertz CT molecular complexity index is 560. The molecular formula is C14H16N2O5. The van der Waals surface area contributed by atoms with Crippen molar-refractivity contribution >= 4 is 17.8 Å². The molecule has 1 aromatic rings. The van der Waals surface area contributed by atoms with Crippen molar-refractivity contribution in [3.63, 3.8) is 0 Å². The summed E-state index contributed by atoms with van der Waals surface area (Å²) in [5, 5.41) is 20.5. The number of carbonyl (C=O) groups is 3. The van der Waals surface area contributed by atoms with Crippen LogP contribution in [0.5, 0.6) is 0 Å². The maximum absolute atomic E-state index is 11.9. The Morgan fingerprint density at radius 2 is 1.81 bits per heavy atom. The van der Waals surface area contributed by atoms with Crippen molar-refractivity contribution in [3.05, 3.63) is 35.9 Å². The third-order valence-corrected chi connectivity index (χ3v) is 3.75. The first-order chi connectivity index (χ1) is 9.93. The van der Waals surface area contributed by atoms with E-state index in [0.717, 1.165) is 0 Å². The minimum Gasteiger partial charge on any atom is -0.481 e. The standard InChI is InChI=1S/C14H16N2O5/c15-11(14(20)21)9-8(10(9)13(18)19)6-16-12(17)7-4-2-1-3-5-7/h1-5,8-11H,6,15H2,(H,16,17)(H,18,19)(H,20,21)/t8-,9+,10+,11+/m1/s1. The highest BCUT2D eigenvalue weighted by Crippen LogP contribution is 2.47.